The topological polar surface area (TPSA) is 9.23 Å². The van der Waals surface area contributed by atoms with Gasteiger partial charge in [0.15, 0.2) is 0 Å². The van der Waals surface area contributed by atoms with E-state index in [1.807, 2.05) is 0 Å². The Morgan fingerprint density at radius 2 is 1.48 bits per heavy atom. The standard InChI is InChI=1S/C21H28OSi/c1-5-18(2)21(17-16-19-12-8-6-9-13-19)22-23(3,4)20-14-10-7-11-15-20/h6-15H,5,16-17H2,1-4H3/b21-18+. The molecule has 0 bridgehead atoms. The largest absolute Gasteiger partial charge is 0.543 e. The van der Waals surface area contributed by atoms with Gasteiger partial charge in [-0.2, -0.15) is 0 Å². The highest BCUT2D eigenvalue weighted by Gasteiger charge is 2.28. The van der Waals surface area contributed by atoms with Crippen molar-refractivity contribution in [3.8, 4) is 0 Å². The monoisotopic (exact) mass is 324 g/mol. The summed E-state index contributed by atoms with van der Waals surface area (Å²) in [7, 11) is -1.92. The van der Waals surface area contributed by atoms with Crippen LogP contribution in [0.2, 0.25) is 13.1 Å². The van der Waals surface area contributed by atoms with Crippen LogP contribution >= 0.6 is 0 Å². The smallest absolute Gasteiger partial charge is 0.276 e. The van der Waals surface area contributed by atoms with E-state index in [2.05, 4.69) is 87.6 Å². The minimum Gasteiger partial charge on any atom is -0.543 e. The summed E-state index contributed by atoms with van der Waals surface area (Å²) in [5.74, 6) is 1.19. The molecule has 0 heterocycles. The zero-order chi connectivity index (χ0) is 16.7. The first-order chi connectivity index (χ1) is 11.0. The molecule has 0 aliphatic rings. The molecule has 0 unspecified atom stereocenters. The van der Waals surface area contributed by atoms with Crippen LogP contribution in [0.3, 0.4) is 0 Å². The van der Waals surface area contributed by atoms with Crippen molar-refractivity contribution in [2.75, 3.05) is 0 Å². The maximum Gasteiger partial charge on any atom is 0.276 e. The van der Waals surface area contributed by atoms with E-state index in [4.69, 9.17) is 4.43 Å². The third kappa shape index (κ3) is 5.10. The molecule has 2 aromatic carbocycles. The highest BCUT2D eigenvalue weighted by atomic mass is 28.4. The first-order valence-electron chi connectivity index (χ1n) is 8.50. The number of hydrogen-bond donors (Lipinski definition) is 0. The van der Waals surface area contributed by atoms with Crippen molar-refractivity contribution < 1.29 is 4.43 Å². The molecule has 0 spiro atoms. The van der Waals surface area contributed by atoms with Gasteiger partial charge in [0, 0.05) is 6.42 Å². The van der Waals surface area contributed by atoms with E-state index >= 15 is 0 Å². The second-order valence-corrected chi connectivity index (χ2v) is 10.3. The van der Waals surface area contributed by atoms with Crippen LogP contribution in [0.25, 0.3) is 0 Å². The molecule has 1 nitrogen and oxygen atoms in total. The Morgan fingerprint density at radius 3 is 2.04 bits per heavy atom. The first-order valence-corrected chi connectivity index (χ1v) is 11.4. The second kappa shape index (κ2) is 8.16. The van der Waals surface area contributed by atoms with Crippen molar-refractivity contribution in [1.82, 2.24) is 0 Å². The molecule has 122 valence electrons. The number of aryl methyl sites for hydroxylation is 1. The van der Waals surface area contributed by atoms with Gasteiger partial charge < -0.3 is 4.43 Å². The Balaban J connectivity index is 2.13. The van der Waals surface area contributed by atoms with Crippen molar-refractivity contribution >= 4 is 13.5 Å². The molecular formula is C21H28OSi. The molecule has 0 N–H and O–H groups in total. The summed E-state index contributed by atoms with van der Waals surface area (Å²) < 4.78 is 6.62. The van der Waals surface area contributed by atoms with Crippen LogP contribution in [-0.2, 0) is 10.8 Å². The van der Waals surface area contributed by atoms with Crippen LogP contribution in [0.5, 0.6) is 0 Å². The molecule has 23 heavy (non-hydrogen) atoms. The highest BCUT2D eigenvalue weighted by molar-refractivity contribution is 6.84. The van der Waals surface area contributed by atoms with E-state index in [0.717, 1.165) is 19.3 Å². The predicted octanol–water partition coefficient (Wildman–Crippen LogP) is 5.43. The lowest BCUT2D eigenvalue weighted by atomic mass is 10.1. The molecule has 0 aliphatic carbocycles. The molecule has 0 saturated heterocycles. The average molecular weight is 325 g/mol. The zero-order valence-corrected chi connectivity index (χ0v) is 15.8. The van der Waals surface area contributed by atoms with E-state index in [1.54, 1.807) is 0 Å². The van der Waals surface area contributed by atoms with Crippen LogP contribution in [0.1, 0.15) is 32.3 Å². The second-order valence-electron chi connectivity index (χ2n) is 6.52. The fourth-order valence-electron chi connectivity index (χ4n) is 2.66. The number of allylic oxidation sites excluding steroid dienone is 2. The number of rotatable bonds is 7. The van der Waals surface area contributed by atoms with Gasteiger partial charge in [0.25, 0.3) is 8.32 Å². The Labute approximate surface area is 142 Å². The van der Waals surface area contributed by atoms with Crippen molar-refractivity contribution in [3.05, 3.63) is 77.6 Å². The fourth-order valence-corrected chi connectivity index (χ4v) is 4.66. The van der Waals surface area contributed by atoms with Gasteiger partial charge in [0.1, 0.15) is 0 Å². The summed E-state index contributed by atoms with van der Waals surface area (Å²) in [4.78, 5) is 0. The molecular weight excluding hydrogens is 296 g/mol. The third-order valence-electron chi connectivity index (χ3n) is 4.34. The van der Waals surface area contributed by atoms with Crippen molar-refractivity contribution in [2.24, 2.45) is 0 Å². The summed E-state index contributed by atoms with van der Waals surface area (Å²) in [6.07, 6.45) is 3.06. The normalized spacial score (nSPS) is 12.7. The number of benzene rings is 2. The Bertz CT molecular complexity index is 629. The molecule has 0 radical (unpaired) electrons. The van der Waals surface area contributed by atoms with Gasteiger partial charge >= 0.3 is 0 Å². The van der Waals surface area contributed by atoms with E-state index in [-0.39, 0.29) is 0 Å². The van der Waals surface area contributed by atoms with Gasteiger partial charge in [-0.05, 0) is 49.2 Å². The van der Waals surface area contributed by atoms with Crippen molar-refractivity contribution in [2.45, 2.75) is 46.2 Å². The van der Waals surface area contributed by atoms with Gasteiger partial charge in [-0.1, -0.05) is 67.6 Å². The Kier molecular flexibility index (Phi) is 6.23. The summed E-state index contributed by atoms with van der Waals surface area (Å²) in [5, 5.41) is 1.35. The Hall–Kier alpha value is -1.80. The summed E-state index contributed by atoms with van der Waals surface area (Å²) in [6.45, 7) is 8.98. The molecule has 0 amide bonds. The molecule has 0 saturated carbocycles. The van der Waals surface area contributed by atoms with Gasteiger partial charge in [0.2, 0.25) is 0 Å². The van der Waals surface area contributed by atoms with Crippen molar-refractivity contribution in [3.63, 3.8) is 0 Å². The fraction of sp³-hybridized carbons (Fsp3) is 0.333. The minimum atomic E-state index is -1.92. The molecule has 0 atom stereocenters. The molecule has 2 aromatic rings. The van der Waals surface area contributed by atoms with E-state index in [0.29, 0.717) is 0 Å². The molecule has 0 aliphatic heterocycles. The number of hydrogen-bond acceptors (Lipinski definition) is 1. The van der Waals surface area contributed by atoms with Gasteiger partial charge in [-0.3, -0.25) is 0 Å². The molecule has 0 fully saturated rings. The average Bonchev–Trinajstić information content (AvgIpc) is 2.59. The van der Waals surface area contributed by atoms with Crippen LogP contribution < -0.4 is 5.19 Å². The molecule has 2 rings (SSSR count). The maximum atomic E-state index is 6.62. The lowest BCUT2D eigenvalue weighted by Crippen LogP contribution is -2.44. The first kappa shape index (κ1) is 17.5. The predicted molar refractivity (Wildman–Crippen MR) is 102 cm³/mol. The molecule has 0 aromatic heterocycles. The van der Waals surface area contributed by atoms with E-state index < -0.39 is 8.32 Å². The van der Waals surface area contributed by atoms with Gasteiger partial charge in [0.05, 0.1) is 5.76 Å². The summed E-state index contributed by atoms with van der Waals surface area (Å²) >= 11 is 0. The lowest BCUT2D eigenvalue weighted by Gasteiger charge is -2.28. The van der Waals surface area contributed by atoms with Crippen molar-refractivity contribution in [1.29, 1.82) is 0 Å². The maximum absolute atomic E-state index is 6.62. The molecule has 2 heteroatoms. The van der Waals surface area contributed by atoms with E-state index in [9.17, 15) is 0 Å². The van der Waals surface area contributed by atoms with Crippen LogP contribution in [-0.4, -0.2) is 8.32 Å². The van der Waals surface area contributed by atoms with Gasteiger partial charge in [-0.25, -0.2) is 0 Å². The zero-order valence-electron chi connectivity index (χ0n) is 14.8. The lowest BCUT2D eigenvalue weighted by molar-refractivity contribution is 0.395. The highest BCUT2D eigenvalue weighted by Crippen LogP contribution is 2.21. The van der Waals surface area contributed by atoms with Crippen LogP contribution in [0.4, 0.5) is 0 Å². The third-order valence-corrected chi connectivity index (χ3v) is 6.82. The summed E-state index contributed by atoms with van der Waals surface area (Å²) in [6, 6.07) is 21.3. The van der Waals surface area contributed by atoms with E-state index in [1.165, 1.54) is 22.1 Å². The quantitative estimate of drug-likeness (QED) is 0.487. The van der Waals surface area contributed by atoms with Crippen LogP contribution in [0, 0.1) is 0 Å². The minimum absolute atomic E-state index is 0.979. The summed E-state index contributed by atoms with van der Waals surface area (Å²) in [5.41, 5.74) is 2.74. The van der Waals surface area contributed by atoms with Gasteiger partial charge in [-0.15, -0.1) is 0 Å². The SMILES string of the molecule is CC/C(C)=C(\CCc1ccccc1)O[Si](C)(C)c1ccccc1. The Morgan fingerprint density at radius 1 is 0.913 bits per heavy atom. The van der Waals surface area contributed by atoms with Crippen LogP contribution in [0.15, 0.2) is 72.0 Å².